The molecule has 0 radical (unpaired) electrons. The first-order chi connectivity index (χ1) is 6.90. The van der Waals surface area contributed by atoms with Crippen LogP contribution in [-0.2, 0) is 9.47 Å². The van der Waals surface area contributed by atoms with Crippen LogP contribution in [0.1, 0.15) is 0 Å². The van der Waals surface area contributed by atoms with Crippen LogP contribution >= 0.6 is 0 Å². The second kappa shape index (κ2) is 1.72. The maximum atomic E-state index is 5.78. The molecule has 3 aliphatic carbocycles. The molecular formula is C12H14O2. The van der Waals surface area contributed by atoms with Gasteiger partial charge in [-0.1, -0.05) is 12.2 Å². The number of fused-ring (bicyclic) bond motifs is 3. The number of ether oxygens (including phenoxy) is 2. The van der Waals surface area contributed by atoms with E-state index in [1.807, 2.05) is 0 Å². The Balaban J connectivity index is 1.79. The highest BCUT2D eigenvalue weighted by Gasteiger charge is 2.86. The van der Waals surface area contributed by atoms with Crippen LogP contribution in [0, 0.1) is 34.5 Å². The van der Waals surface area contributed by atoms with Gasteiger partial charge in [-0.15, -0.1) is 0 Å². The van der Waals surface area contributed by atoms with Crippen molar-refractivity contribution in [2.24, 2.45) is 34.5 Å². The fraction of sp³-hybridized carbons (Fsp3) is 0.833. The lowest BCUT2D eigenvalue weighted by atomic mass is 9.70. The third kappa shape index (κ3) is 0.413. The lowest BCUT2D eigenvalue weighted by Crippen LogP contribution is -2.34. The third-order valence-electron chi connectivity index (χ3n) is 5.86. The molecule has 0 bridgehead atoms. The fourth-order valence-corrected chi connectivity index (χ4v) is 5.42. The van der Waals surface area contributed by atoms with E-state index in [9.17, 15) is 0 Å². The molecule has 2 saturated heterocycles. The van der Waals surface area contributed by atoms with Gasteiger partial charge in [0.25, 0.3) is 0 Å². The van der Waals surface area contributed by atoms with E-state index in [1.54, 1.807) is 0 Å². The van der Waals surface area contributed by atoms with Crippen molar-refractivity contribution in [1.29, 1.82) is 0 Å². The Morgan fingerprint density at radius 3 is 3.14 bits per heavy atom. The summed E-state index contributed by atoms with van der Waals surface area (Å²) < 4.78 is 11.5. The van der Waals surface area contributed by atoms with E-state index in [0.29, 0.717) is 10.8 Å². The number of allylic oxidation sites excluding steroid dienone is 1. The molecule has 2 aliphatic heterocycles. The minimum absolute atomic E-state index is 0.406. The Morgan fingerprint density at radius 1 is 1.14 bits per heavy atom. The number of hydrogen-bond donors (Lipinski definition) is 0. The highest BCUT2D eigenvalue weighted by atomic mass is 16.5. The summed E-state index contributed by atoms with van der Waals surface area (Å²) in [5.41, 5.74) is 0.968. The maximum Gasteiger partial charge on any atom is 0.0567 e. The molecule has 6 atom stereocenters. The van der Waals surface area contributed by atoms with Gasteiger partial charge in [-0.25, -0.2) is 0 Å². The highest BCUT2D eigenvalue weighted by Crippen LogP contribution is 2.86. The minimum atomic E-state index is 0.406. The Labute approximate surface area is 83.3 Å². The summed E-state index contributed by atoms with van der Waals surface area (Å²) in [5, 5.41) is 0. The van der Waals surface area contributed by atoms with Gasteiger partial charge in [0.15, 0.2) is 0 Å². The van der Waals surface area contributed by atoms with Crippen LogP contribution in [0.25, 0.3) is 0 Å². The van der Waals surface area contributed by atoms with E-state index < -0.39 is 0 Å². The van der Waals surface area contributed by atoms with Crippen molar-refractivity contribution in [3.63, 3.8) is 0 Å². The molecule has 0 aromatic heterocycles. The second-order valence-electron chi connectivity index (χ2n) is 5.79. The van der Waals surface area contributed by atoms with E-state index in [2.05, 4.69) is 12.2 Å². The van der Waals surface area contributed by atoms with Crippen molar-refractivity contribution in [1.82, 2.24) is 0 Å². The normalized spacial score (nSPS) is 70.9. The van der Waals surface area contributed by atoms with Crippen molar-refractivity contribution in [2.45, 2.75) is 0 Å². The molecule has 0 N–H and O–H groups in total. The van der Waals surface area contributed by atoms with Gasteiger partial charge in [-0.3, -0.25) is 0 Å². The molecule has 0 amide bonds. The largest absolute Gasteiger partial charge is 0.381 e. The topological polar surface area (TPSA) is 18.5 Å². The highest BCUT2D eigenvalue weighted by molar-refractivity contribution is 5.43. The summed E-state index contributed by atoms with van der Waals surface area (Å²) >= 11 is 0. The van der Waals surface area contributed by atoms with Gasteiger partial charge >= 0.3 is 0 Å². The molecule has 1 spiro atoms. The van der Waals surface area contributed by atoms with E-state index >= 15 is 0 Å². The van der Waals surface area contributed by atoms with Gasteiger partial charge in [-0.2, -0.15) is 0 Å². The molecule has 74 valence electrons. The van der Waals surface area contributed by atoms with Crippen LogP contribution in [0.3, 0.4) is 0 Å². The van der Waals surface area contributed by atoms with Crippen molar-refractivity contribution in [3.8, 4) is 0 Å². The van der Waals surface area contributed by atoms with E-state index in [-0.39, 0.29) is 0 Å². The van der Waals surface area contributed by atoms with Gasteiger partial charge in [0.1, 0.15) is 0 Å². The van der Waals surface area contributed by atoms with Crippen LogP contribution in [0.4, 0.5) is 0 Å². The van der Waals surface area contributed by atoms with Crippen LogP contribution in [0.5, 0.6) is 0 Å². The Morgan fingerprint density at radius 2 is 2.14 bits per heavy atom. The third-order valence-corrected chi connectivity index (χ3v) is 5.86. The smallest absolute Gasteiger partial charge is 0.0567 e. The van der Waals surface area contributed by atoms with E-state index in [0.717, 1.165) is 50.1 Å². The van der Waals surface area contributed by atoms with E-state index in [1.165, 1.54) is 0 Å². The van der Waals surface area contributed by atoms with Crippen LogP contribution in [-0.4, -0.2) is 26.4 Å². The lowest BCUT2D eigenvalue weighted by Gasteiger charge is -2.31. The summed E-state index contributed by atoms with van der Waals surface area (Å²) in [4.78, 5) is 0. The first kappa shape index (κ1) is 7.02. The zero-order valence-corrected chi connectivity index (χ0v) is 8.11. The summed E-state index contributed by atoms with van der Waals surface area (Å²) in [5.74, 6) is 3.42. The summed E-state index contributed by atoms with van der Waals surface area (Å²) in [6.45, 7) is 4.02. The quantitative estimate of drug-likeness (QED) is 0.532. The molecule has 5 rings (SSSR count). The molecule has 4 fully saturated rings. The van der Waals surface area contributed by atoms with Gasteiger partial charge in [0.2, 0.25) is 0 Å². The molecule has 1 unspecified atom stereocenters. The zero-order valence-electron chi connectivity index (χ0n) is 8.11. The standard InChI is InChI=1S/C12H14O2/c1-2-11-5-14-6-12(11)8(1)10(12)7-3-13-4-9(7)11/h1-2,7-10H,3-6H2/t7-,8?,9+,10-,11+,12-/m1/s1. The summed E-state index contributed by atoms with van der Waals surface area (Å²) in [7, 11) is 0. The second-order valence-corrected chi connectivity index (χ2v) is 5.79. The van der Waals surface area contributed by atoms with Crippen molar-refractivity contribution in [3.05, 3.63) is 12.2 Å². The molecule has 14 heavy (non-hydrogen) atoms. The average molecular weight is 190 g/mol. The van der Waals surface area contributed by atoms with Gasteiger partial charge in [0, 0.05) is 10.8 Å². The minimum Gasteiger partial charge on any atom is -0.381 e. The van der Waals surface area contributed by atoms with Crippen LogP contribution in [0.15, 0.2) is 12.2 Å². The van der Waals surface area contributed by atoms with Gasteiger partial charge in [-0.05, 0) is 23.7 Å². The zero-order chi connectivity index (χ0) is 8.97. The SMILES string of the molecule is C1=C[C@@]23COC[C@]24C1[C@H]4[C@@H]1COC[C@@H]13. The molecule has 2 saturated carbocycles. The predicted octanol–water partition coefficient (Wildman–Crippen LogP) is 1.08. The van der Waals surface area contributed by atoms with Crippen molar-refractivity contribution < 1.29 is 9.47 Å². The van der Waals surface area contributed by atoms with E-state index in [4.69, 9.17) is 9.47 Å². The molecule has 0 aromatic carbocycles. The van der Waals surface area contributed by atoms with Gasteiger partial charge < -0.3 is 9.47 Å². The van der Waals surface area contributed by atoms with Crippen LogP contribution < -0.4 is 0 Å². The molecule has 2 heterocycles. The van der Waals surface area contributed by atoms with Gasteiger partial charge in [0.05, 0.1) is 26.4 Å². The number of rotatable bonds is 0. The Bertz CT molecular complexity index is 363. The first-order valence-corrected chi connectivity index (χ1v) is 5.75. The predicted molar refractivity (Wildman–Crippen MR) is 49.6 cm³/mol. The maximum absolute atomic E-state index is 5.78. The monoisotopic (exact) mass is 190 g/mol. The van der Waals surface area contributed by atoms with Crippen LogP contribution in [0.2, 0.25) is 0 Å². The van der Waals surface area contributed by atoms with Crippen molar-refractivity contribution >= 4 is 0 Å². The average Bonchev–Trinajstić information content (AvgIpc) is 2.64. The Hall–Kier alpha value is -0.340. The number of hydrogen-bond acceptors (Lipinski definition) is 2. The first-order valence-electron chi connectivity index (χ1n) is 5.75. The molecule has 5 aliphatic rings. The summed E-state index contributed by atoms with van der Waals surface area (Å²) in [6.07, 6.45) is 4.98. The molecule has 0 aromatic rings. The molecule has 2 nitrogen and oxygen atoms in total. The fourth-order valence-electron chi connectivity index (χ4n) is 5.42. The Kier molecular flexibility index (Phi) is 0.861. The lowest BCUT2D eigenvalue weighted by molar-refractivity contribution is 0.115. The molecule has 2 heteroatoms. The summed E-state index contributed by atoms with van der Waals surface area (Å²) in [6, 6.07) is 0. The van der Waals surface area contributed by atoms with Crippen molar-refractivity contribution in [2.75, 3.05) is 26.4 Å². The molecular weight excluding hydrogens is 176 g/mol.